The van der Waals surface area contributed by atoms with E-state index in [0.717, 1.165) is 48.8 Å². The maximum Gasteiger partial charge on any atom is 0.262 e. The number of fused-ring (bicyclic) bond motifs is 1. The van der Waals surface area contributed by atoms with Crippen LogP contribution in [0.1, 0.15) is 41.6 Å². The first-order valence-corrected chi connectivity index (χ1v) is 12.0. The van der Waals surface area contributed by atoms with Gasteiger partial charge in [0, 0.05) is 30.0 Å². The average Bonchev–Trinajstić information content (AvgIpc) is 2.92. The lowest BCUT2D eigenvalue weighted by Gasteiger charge is -2.15. The molecule has 0 saturated heterocycles. The normalized spacial score (nSPS) is 10.8. The second kappa shape index (κ2) is 12.0. The topological polar surface area (TPSA) is 101 Å². The van der Waals surface area contributed by atoms with Gasteiger partial charge in [-0.25, -0.2) is 4.98 Å². The largest absolute Gasteiger partial charge is 0.494 e. The maximum absolute atomic E-state index is 12.7. The highest BCUT2D eigenvalue weighted by Crippen LogP contribution is 2.36. The molecule has 2 N–H and O–H groups in total. The first-order chi connectivity index (χ1) is 17.7. The van der Waals surface area contributed by atoms with Crippen molar-refractivity contribution in [2.45, 2.75) is 32.1 Å². The number of pyridine rings is 2. The molecule has 0 aliphatic carbocycles. The van der Waals surface area contributed by atoms with E-state index in [1.807, 2.05) is 24.3 Å². The predicted molar refractivity (Wildman–Crippen MR) is 140 cm³/mol. The highest BCUT2D eigenvalue weighted by molar-refractivity contribution is 6.12. The lowest BCUT2D eigenvalue weighted by Crippen LogP contribution is -2.22. The summed E-state index contributed by atoms with van der Waals surface area (Å²) in [5.74, 6) is -0.292. The van der Waals surface area contributed by atoms with Crippen molar-refractivity contribution >= 4 is 23.2 Å². The average molecular weight is 484 g/mol. The van der Waals surface area contributed by atoms with Gasteiger partial charge in [-0.15, -0.1) is 0 Å². The van der Waals surface area contributed by atoms with Crippen LogP contribution in [0.5, 0.6) is 5.75 Å². The molecule has 0 unspecified atom stereocenters. The highest BCUT2D eigenvalue weighted by atomic mass is 16.5. The minimum absolute atomic E-state index is 0.216. The number of hydrogen-bond acceptors (Lipinski definition) is 6. The Morgan fingerprint density at radius 1 is 0.944 bits per heavy atom. The summed E-state index contributed by atoms with van der Waals surface area (Å²) in [6.07, 6.45) is 8.72. The molecule has 2 aromatic carbocycles. The number of ether oxygens (including phenoxy) is 1. The zero-order valence-corrected chi connectivity index (χ0v) is 20.2. The zero-order chi connectivity index (χ0) is 25.3. The number of carbonyl (C=O) groups is 2. The van der Waals surface area contributed by atoms with Crippen LogP contribution in [-0.2, 0) is 11.2 Å². The van der Waals surface area contributed by atoms with Crippen molar-refractivity contribution < 1.29 is 19.4 Å². The van der Waals surface area contributed by atoms with Crippen LogP contribution in [0.4, 0.5) is 0 Å². The van der Waals surface area contributed by atoms with Gasteiger partial charge in [0.25, 0.3) is 5.91 Å². The van der Waals surface area contributed by atoms with E-state index in [1.165, 1.54) is 18.9 Å². The fraction of sp³-hybridized carbons (Fsp3) is 0.241. The number of benzene rings is 2. The van der Waals surface area contributed by atoms with Crippen molar-refractivity contribution in [1.29, 1.82) is 0 Å². The monoisotopic (exact) mass is 483 g/mol. The third-order valence-electron chi connectivity index (χ3n) is 6.18. The van der Waals surface area contributed by atoms with Gasteiger partial charge in [0.2, 0.25) is 6.41 Å². The van der Waals surface area contributed by atoms with Crippen molar-refractivity contribution in [3.05, 3.63) is 78.1 Å². The Bertz CT molecular complexity index is 1340. The summed E-state index contributed by atoms with van der Waals surface area (Å²) in [5.41, 5.74) is 5.57. The molecule has 0 aliphatic rings. The second-order valence-electron chi connectivity index (χ2n) is 8.51. The molecular formula is C29H29N3O4. The Hall–Kier alpha value is -4.10. The van der Waals surface area contributed by atoms with E-state index in [1.54, 1.807) is 12.3 Å². The first kappa shape index (κ1) is 25.0. The number of hydrogen-bond donors (Lipinski definition) is 2. The highest BCUT2D eigenvalue weighted by Gasteiger charge is 2.22. The number of nitrogens with zero attached hydrogens (tertiary/aromatic N) is 2. The van der Waals surface area contributed by atoms with Gasteiger partial charge < -0.3 is 9.84 Å². The second-order valence-corrected chi connectivity index (χ2v) is 8.51. The zero-order valence-electron chi connectivity index (χ0n) is 20.2. The summed E-state index contributed by atoms with van der Waals surface area (Å²) in [6.45, 7) is 0.269. The molecule has 0 spiro atoms. The number of unbranched alkanes of at least 4 members (excludes halogenated alkanes) is 3. The molecule has 4 rings (SSSR count). The Labute approximate surface area is 210 Å². The van der Waals surface area contributed by atoms with Gasteiger partial charge in [0.05, 0.1) is 18.2 Å². The number of amides is 2. The van der Waals surface area contributed by atoms with E-state index in [0.29, 0.717) is 23.0 Å². The van der Waals surface area contributed by atoms with Crippen LogP contribution in [-0.4, -0.2) is 41.1 Å². The Balaban J connectivity index is 1.60. The smallest absolute Gasteiger partial charge is 0.262 e. The van der Waals surface area contributed by atoms with Gasteiger partial charge in [0.1, 0.15) is 5.69 Å². The van der Waals surface area contributed by atoms with Gasteiger partial charge in [0.15, 0.2) is 5.75 Å². The van der Waals surface area contributed by atoms with Crippen molar-refractivity contribution in [3.63, 3.8) is 0 Å². The van der Waals surface area contributed by atoms with Gasteiger partial charge in [-0.1, -0.05) is 61.4 Å². The van der Waals surface area contributed by atoms with Crippen LogP contribution in [0.15, 0.2) is 67.0 Å². The molecule has 7 heteroatoms. The molecule has 2 heterocycles. The number of carbonyl (C=O) groups excluding carboxylic acids is 2. The van der Waals surface area contributed by atoms with Crippen molar-refractivity contribution in [2.75, 3.05) is 13.7 Å². The Morgan fingerprint density at radius 3 is 2.28 bits per heavy atom. The lowest BCUT2D eigenvalue weighted by molar-refractivity contribution is -0.108. The van der Waals surface area contributed by atoms with Crippen LogP contribution >= 0.6 is 0 Å². The number of imide groups is 1. The number of rotatable bonds is 11. The van der Waals surface area contributed by atoms with Gasteiger partial charge in [-0.3, -0.25) is 19.9 Å². The number of aromatic nitrogens is 2. The first-order valence-electron chi connectivity index (χ1n) is 12.0. The van der Waals surface area contributed by atoms with Crippen molar-refractivity contribution in [3.8, 4) is 28.1 Å². The molecule has 0 radical (unpaired) electrons. The number of nitrogens with one attached hydrogen (secondary N) is 1. The third kappa shape index (κ3) is 5.58. The minimum atomic E-state index is -0.575. The van der Waals surface area contributed by atoms with Crippen LogP contribution in [0, 0.1) is 0 Å². The number of aliphatic hydroxyl groups excluding tert-OH is 1. The molecule has 184 valence electrons. The number of aliphatic hydroxyl groups is 1. The Kier molecular flexibility index (Phi) is 8.36. The SMILES string of the molecule is COc1c(-c2ccc(-c3ccc(CCCCCCO)cc3)cc2)nc2ccncc2c1C(=O)NC=O. The van der Waals surface area contributed by atoms with Gasteiger partial charge in [-0.2, -0.15) is 0 Å². The molecule has 0 saturated carbocycles. The summed E-state index contributed by atoms with van der Waals surface area (Å²) in [5, 5.41) is 11.6. The molecule has 7 nitrogen and oxygen atoms in total. The predicted octanol–water partition coefficient (Wildman–Crippen LogP) is 4.95. The van der Waals surface area contributed by atoms with E-state index >= 15 is 0 Å². The lowest BCUT2D eigenvalue weighted by atomic mass is 9.98. The van der Waals surface area contributed by atoms with Crippen molar-refractivity contribution in [2.24, 2.45) is 0 Å². The molecular weight excluding hydrogens is 454 g/mol. The van der Waals surface area contributed by atoms with E-state index in [2.05, 4.69) is 34.6 Å². The molecule has 0 fully saturated rings. The van der Waals surface area contributed by atoms with Crippen LogP contribution in [0.2, 0.25) is 0 Å². The molecule has 2 aromatic heterocycles. The fourth-order valence-corrected chi connectivity index (χ4v) is 4.31. The number of methoxy groups -OCH3 is 1. The van der Waals surface area contributed by atoms with E-state index in [9.17, 15) is 9.59 Å². The summed E-state index contributed by atoms with van der Waals surface area (Å²) in [7, 11) is 1.48. The van der Waals surface area contributed by atoms with E-state index in [-0.39, 0.29) is 17.9 Å². The maximum atomic E-state index is 12.7. The third-order valence-corrected chi connectivity index (χ3v) is 6.18. The van der Waals surface area contributed by atoms with Gasteiger partial charge >= 0.3 is 0 Å². The molecule has 4 aromatic rings. The summed E-state index contributed by atoms with van der Waals surface area (Å²) >= 11 is 0. The molecule has 0 atom stereocenters. The summed E-state index contributed by atoms with van der Waals surface area (Å²) < 4.78 is 5.61. The minimum Gasteiger partial charge on any atom is -0.494 e. The van der Waals surface area contributed by atoms with Crippen LogP contribution < -0.4 is 10.1 Å². The van der Waals surface area contributed by atoms with Gasteiger partial charge in [-0.05, 0) is 42.0 Å². The van der Waals surface area contributed by atoms with E-state index in [4.69, 9.17) is 14.8 Å². The molecule has 0 bridgehead atoms. The van der Waals surface area contributed by atoms with Crippen LogP contribution in [0.25, 0.3) is 33.3 Å². The quantitative estimate of drug-likeness (QED) is 0.231. The summed E-state index contributed by atoms with van der Waals surface area (Å²) in [4.78, 5) is 32.5. The van der Waals surface area contributed by atoms with Crippen molar-refractivity contribution in [1.82, 2.24) is 15.3 Å². The Morgan fingerprint density at radius 2 is 1.61 bits per heavy atom. The molecule has 0 aliphatic heterocycles. The standard InChI is InChI=1S/C29H29N3O4/c1-36-28-26(29(35)31-19-34)24-18-30-16-15-25(24)32-27(28)23-13-11-22(12-14-23)21-9-7-20(8-10-21)6-4-2-3-5-17-33/h7-16,18-19,33H,2-6,17H2,1H3,(H,31,34,35). The molecule has 2 amide bonds. The summed E-state index contributed by atoms with van der Waals surface area (Å²) in [6, 6.07) is 18.2. The number of aryl methyl sites for hydroxylation is 1. The van der Waals surface area contributed by atoms with E-state index < -0.39 is 5.91 Å². The fourth-order valence-electron chi connectivity index (χ4n) is 4.31. The van der Waals surface area contributed by atoms with Crippen LogP contribution in [0.3, 0.4) is 0 Å². The molecule has 36 heavy (non-hydrogen) atoms.